The number of hydrogen-bond donors (Lipinski definition) is 1. The largest absolute Gasteiger partial charge is 0.296 e. The zero-order chi connectivity index (χ0) is 21.3. The minimum absolute atomic E-state index is 0.185. The van der Waals surface area contributed by atoms with Crippen LogP contribution in [0, 0.1) is 13.8 Å². The first-order chi connectivity index (χ1) is 14.5. The highest BCUT2D eigenvalue weighted by Crippen LogP contribution is 2.28. The molecule has 0 saturated heterocycles. The third kappa shape index (κ3) is 3.76. The van der Waals surface area contributed by atoms with Gasteiger partial charge in [0.15, 0.2) is 10.8 Å². The molecule has 2 aromatic heterocycles. The Balaban J connectivity index is 1.69. The van der Waals surface area contributed by atoms with Crippen molar-refractivity contribution < 1.29 is 4.79 Å². The molecule has 0 unspecified atom stereocenters. The van der Waals surface area contributed by atoms with Gasteiger partial charge < -0.3 is 0 Å². The predicted octanol–water partition coefficient (Wildman–Crippen LogP) is 4.80. The van der Waals surface area contributed by atoms with Crippen LogP contribution in [0.4, 0.5) is 5.13 Å². The maximum atomic E-state index is 13.0. The van der Waals surface area contributed by atoms with Crippen molar-refractivity contribution in [2.75, 3.05) is 5.32 Å². The molecule has 0 spiro atoms. The third-order valence-electron chi connectivity index (χ3n) is 4.91. The van der Waals surface area contributed by atoms with Crippen molar-refractivity contribution in [2.24, 2.45) is 0 Å². The van der Waals surface area contributed by atoms with E-state index in [9.17, 15) is 9.59 Å². The highest BCUT2D eigenvalue weighted by atomic mass is 32.1. The van der Waals surface area contributed by atoms with E-state index in [1.807, 2.05) is 26.2 Å². The van der Waals surface area contributed by atoms with Gasteiger partial charge in [0.2, 0.25) is 0 Å². The molecule has 4 aromatic rings. The first-order valence-corrected chi connectivity index (χ1v) is 10.7. The third-order valence-corrected chi connectivity index (χ3v) is 5.67. The first-order valence-electron chi connectivity index (χ1n) is 9.82. The van der Waals surface area contributed by atoms with Crippen LogP contribution in [0.25, 0.3) is 22.0 Å². The molecule has 6 nitrogen and oxygen atoms in total. The molecule has 0 aliphatic heterocycles. The van der Waals surface area contributed by atoms with Crippen molar-refractivity contribution in [2.45, 2.75) is 33.7 Å². The second kappa shape index (κ2) is 8.20. The van der Waals surface area contributed by atoms with Gasteiger partial charge in [0.1, 0.15) is 0 Å². The van der Waals surface area contributed by atoms with Crippen molar-refractivity contribution in [3.05, 3.63) is 75.0 Å². The Bertz CT molecular complexity index is 1310. The van der Waals surface area contributed by atoms with E-state index in [0.29, 0.717) is 22.4 Å². The highest BCUT2D eigenvalue weighted by Gasteiger charge is 2.18. The van der Waals surface area contributed by atoms with Crippen molar-refractivity contribution in [3.63, 3.8) is 0 Å². The number of fused-ring (bicyclic) bond motifs is 1. The normalized spacial score (nSPS) is 11.0. The number of nitrogens with one attached hydrogen (secondary N) is 1. The summed E-state index contributed by atoms with van der Waals surface area (Å²) in [6, 6.07) is 13.3. The monoisotopic (exact) mass is 418 g/mol. The van der Waals surface area contributed by atoms with Crippen LogP contribution >= 0.6 is 11.3 Å². The van der Waals surface area contributed by atoms with E-state index in [4.69, 9.17) is 0 Å². The fourth-order valence-electron chi connectivity index (χ4n) is 3.39. The zero-order valence-electron chi connectivity index (χ0n) is 17.1. The lowest BCUT2D eigenvalue weighted by molar-refractivity contribution is 0.102. The van der Waals surface area contributed by atoms with Gasteiger partial charge in [0.05, 0.1) is 11.1 Å². The molecule has 0 atom stereocenters. The smallest absolute Gasteiger partial charge is 0.278 e. The van der Waals surface area contributed by atoms with E-state index in [1.54, 1.807) is 24.3 Å². The lowest BCUT2D eigenvalue weighted by atomic mass is 10.0. The van der Waals surface area contributed by atoms with Crippen LogP contribution in [0.5, 0.6) is 0 Å². The second-order valence-electron chi connectivity index (χ2n) is 7.23. The standard InChI is InChI=1S/C23H22N4O2S/c1-4-11-27-22(29)17-8-6-5-7-16(17)20(26-27)21(28)25-23-24-19(13-30-23)18-12-14(2)9-10-15(18)3/h5-10,12-13H,4,11H2,1-3H3,(H,24,25,28). The van der Waals surface area contributed by atoms with Gasteiger partial charge in [0.25, 0.3) is 11.5 Å². The van der Waals surface area contributed by atoms with Gasteiger partial charge in [-0.25, -0.2) is 9.67 Å². The Kier molecular flexibility index (Phi) is 5.46. The van der Waals surface area contributed by atoms with Crippen molar-refractivity contribution in [1.82, 2.24) is 14.8 Å². The topological polar surface area (TPSA) is 76.9 Å². The molecule has 1 amide bonds. The minimum atomic E-state index is -0.377. The lowest BCUT2D eigenvalue weighted by Crippen LogP contribution is -2.27. The fraction of sp³-hybridized carbons (Fsp3) is 0.217. The average molecular weight is 419 g/mol. The molecule has 0 radical (unpaired) electrons. The summed E-state index contributed by atoms with van der Waals surface area (Å²) in [4.78, 5) is 30.3. The van der Waals surface area contributed by atoms with Gasteiger partial charge in [-0.3, -0.25) is 14.9 Å². The number of aromatic nitrogens is 3. The highest BCUT2D eigenvalue weighted by molar-refractivity contribution is 7.14. The van der Waals surface area contributed by atoms with Gasteiger partial charge in [-0.2, -0.15) is 5.10 Å². The number of aryl methyl sites for hydroxylation is 3. The lowest BCUT2D eigenvalue weighted by Gasteiger charge is -2.10. The molecule has 0 aliphatic rings. The Hall–Kier alpha value is -3.32. The van der Waals surface area contributed by atoms with Crippen molar-refractivity contribution >= 4 is 33.1 Å². The molecule has 4 rings (SSSR count). The number of carbonyl (C=O) groups is 1. The predicted molar refractivity (Wildman–Crippen MR) is 121 cm³/mol. The summed E-state index contributed by atoms with van der Waals surface area (Å²) in [6.07, 6.45) is 0.748. The van der Waals surface area contributed by atoms with Gasteiger partial charge >= 0.3 is 0 Å². The molecule has 152 valence electrons. The molecule has 0 bridgehead atoms. The molecule has 1 N–H and O–H groups in total. The number of nitrogens with zero attached hydrogens (tertiary/aromatic N) is 3. The zero-order valence-corrected chi connectivity index (χ0v) is 17.9. The molecular weight excluding hydrogens is 396 g/mol. The van der Waals surface area contributed by atoms with Gasteiger partial charge in [0, 0.05) is 22.9 Å². The van der Waals surface area contributed by atoms with Crippen LogP contribution < -0.4 is 10.9 Å². The molecule has 2 aromatic carbocycles. The van der Waals surface area contributed by atoms with Crippen LogP contribution in [-0.4, -0.2) is 20.7 Å². The van der Waals surface area contributed by atoms with Crippen LogP contribution in [0.2, 0.25) is 0 Å². The van der Waals surface area contributed by atoms with Gasteiger partial charge in [-0.1, -0.05) is 42.8 Å². The number of benzene rings is 2. The average Bonchev–Trinajstić information content (AvgIpc) is 3.20. The number of anilines is 1. The number of hydrogen-bond acceptors (Lipinski definition) is 5. The Labute approximate surface area is 178 Å². The molecule has 0 aliphatic carbocycles. The molecule has 2 heterocycles. The summed E-state index contributed by atoms with van der Waals surface area (Å²) >= 11 is 1.37. The summed E-state index contributed by atoms with van der Waals surface area (Å²) in [5, 5.41) is 10.7. The van der Waals surface area contributed by atoms with Crippen molar-refractivity contribution in [3.8, 4) is 11.3 Å². The Morgan fingerprint density at radius 2 is 1.90 bits per heavy atom. The Morgan fingerprint density at radius 1 is 1.13 bits per heavy atom. The van der Waals surface area contributed by atoms with Crippen LogP contribution in [0.1, 0.15) is 35.0 Å². The van der Waals surface area contributed by atoms with E-state index in [2.05, 4.69) is 33.6 Å². The molecular formula is C23H22N4O2S. The number of rotatable bonds is 5. The Morgan fingerprint density at radius 3 is 2.67 bits per heavy atom. The number of thiazole rings is 1. The van der Waals surface area contributed by atoms with Crippen molar-refractivity contribution in [1.29, 1.82) is 0 Å². The fourth-order valence-corrected chi connectivity index (χ4v) is 4.09. The summed E-state index contributed by atoms with van der Waals surface area (Å²) in [7, 11) is 0. The molecule has 7 heteroatoms. The summed E-state index contributed by atoms with van der Waals surface area (Å²) in [5.41, 5.74) is 4.20. The molecule has 30 heavy (non-hydrogen) atoms. The van der Waals surface area contributed by atoms with Crippen LogP contribution in [0.3, 0.4) is 0 Å². The SMILES string of the molecule is CCCn1nc(C(=O)Nc2nc(-c3cc(C)ccc3C)cs2)c2ccccc2c1=O. The first kappa shape index (κ1) is 20.0. The van der Waals surface area contributed by atoms with Gasteiger partial charge in [-0.15, -0.1) is 11.3 Å². The van der Waals surface area contributed by atoms with E-state index < -0.39 is 0 Å². The molecule has 0 fully saturated rings. The van der Waals surface area contributed by atoms with E-state index >= 15 is 0 Å². The summed E-state index contributed by atoms with van der Waals surface area (Å²) in [5.74, 6) is -0.377. The van der Waals surface area contributed by atoms with E-state index in [0.717, 1.165) is 28.8 Å². The quantitative estimate of drug-likeness (QED) is 0.505. The van der Waals surface area contributed by atoms with Crippen LogP contribution in [-0.2, 0) is 6.54 Å². The minimum Gasteiger partial charge on any atom is -0.296 e. The van der Waals surface area contributed by atoms with E-state index in [-0.39, 0.29) is 17.2 Å². The summed E-state index contributed by atoms with van der Waals surface area (Å²) in [6.45, 7) is 6.50. The van der Waals surface area contributed by atoms with E-state index in [1.165, 1.54) is 16.0 Å². The number of carbonyl (C=O) groups excluding carboxylic acids is 1. The second-order valence-corrected chi connectivity index (χ2v) is 8.09. The maximum Gasteiger partial charge on any atom is 0.278 e. The molecule has 0 saturated carbocycles. The number of amides is 1. The van der Waals surface area contributed by atoms with Gasteiger partial charge in [-0.05, 0) is 38.0 Å². The summed E-state index contributed by atoms with van der Waals surface area (Å²) < 4.78 is 1.36. The van der Waals surface area contributed by atoms with Crippen LogP contribution in [0.15, 0.2) is 52.6 Å². The maximum absolute atomic E-state index is 13.0.